The molecular formula is C14H12BrFN2S. The van der Waals surface area contributed by atoms with Gasteiger partial charge < -0.3 is 11.1 Å². The minimum atomic E-state index is -0.271. The number of nitrogens with one attached hydrogen (secondary N) is 1. The first-order valence-corrected chi connectivity index (χ1v) is 6.80. The number of benzene rings is 2. The van der Waals surface area contributed by atoms with E-state index >= 15 is 0 Å². The molecule has 0 saturated heterocycles. The summed E-state index contributed by atoms with van der Waals surface area (Å²) in [6.45, 7) is 1.85. The molecule has 0 aliphatic carbocycles. The molecule has 5 heteroatoms. The minimum Gasteiger partial charge on any atom is -0.389 e. The number of anilines is 2. The molecule has 19 heavy (non-hydrogen) atoms. The topological polar surface area (TPSA) is 38.0 Å². The van der Waals surface area contributed by atoms with E-state index in [1.165, 1.54) is 6.07 Å². The van der Waals surface area contributed by atoms with Crippen LogP contribution in [0.15, 0.2) is 40.9 Å². The van der Waals surface area contributed by atoms with E-state index in [1.54, 1.807) is 6.07 Å². The zero-order valence-electron chi connectivity index (χ0n) is 10.2. The standard InChI is InChI=1S/C14H12BrFN2S/c1-8-6-12(16)11(15)7-13(8)18-10-4-2-9(3-5-10)14(17)19/h2-7,18H,1H3,(H2,17,19). The van der Waals surface area contributed by atoms with Crippen molar-refractivity contribution in [2.75, 3.05) is 5.32 Å². The van der Waals surface area contributed by atoms with Crippen LogP contribution in [0.5, 0.6) is 0 Å². The van der Waals surface area contributed by atoms with Crippen molar-refractivity contribution in [1.82, 2.24) is 0 Å². The van der Waals surface area contributed by atoms with Crippen molar-refractivity contribution in [2.45, 2.75) is 6.92 Å². The molecule has 0 amide bonds. The van der Waals surface area contributed by atoms with E-state index < -0.39 is 0 Å². The van der Waals surface area contributed by atoms with Gasteiger partial charge in [0.15, 0.2) is 0 Å². The lowest BCUT2D eigenvalue weighted by Gasteiger charge is -2.11. The van der Waals surface area contributed by atoms with Crippen molar-refractivity contribution in [3.05, 3.63) is 57.8 Å². The van der Waals surface area contributed by atoms with Crippen molar-refractivity contribution in [2.24, 2.45) is 5.73 Å². The van der Waals surface area contributed by atoms with E-state index in [9.17, 15) is 4.39 Å². The fourth-order valence-electron chi connectivity index (χ4n) is 1.65. The molecule has 2 aromatic carbocycles. The number of thiocarbonyl (C=S) groups is 1. The van der Waals surface area contributed by atoms with Gasteiger partial charge >= 0.3 is 0 Å². The molecular weight excluding hydrogens is 327 g/mol. The summed E-state index contributed by atoms with van der Waals surface area (Å²) in [6, 6.07) is 10.6. The summed E-state index contributed by atoms with van der Waals surface area (Å²) in [6.07, 6.45) is 0. The highest BCUT2D eigenvalue weighted by Crippen LogP contribution is 2.27. The van der Waals surface area contributed by atoms with Gasteiger partial charge in [-0.1, -0.05) is 12.2 Å². The van der Waals surface area contributed by atoms with Crippen LogP contribution in [0.25, 0.3) is 0 Å². The first-order chi connectivity index (χ1) is 8.97. The van der Waals surface area contributed by atoms with Crippen LogP contribution in [-0.4, -0.2) is 4.99 Å². The third kappa shape index (κ3) is 3.30. The summed E-state index contributed by atoms with van der Waals surface area (Å²) >= 11 is 8.07. The average molecular weight is 339 g/mol. The van der Waals surface area contributed by atoms with Gasteiger partial charge in [0.1, 0.15) is 10.8 Å². The van der Waals surface area contributed by atoms with Crippen molar-refractivity contribution in [3.8, 4) is 0 Å². The summed E-state index contributed by atoms with van der Waals surface area (Å²) in [5, 5.41) is 3.23. The smallest absolute Gasteiger partial charge is 0.137 e. The Balaban J connectivity index is 2.26. The molecule has 0 aliphatic heterocycles. The van der Waals surface area contributed by atoms with Crippen molar-refractivity contribution >= 4 is 44.5 Å². The van der Waals surface area contributed by atoms with Crippen molar-refractivity contribution < 1.29 is 4.39 Å². The molecule has 0 bridgehead atoms. The Hall–Kier alpha value is -1.46. The van der Waals surface area contributed by atoms with Gasteiger partial charge in [-0.15, -0.1) is 0 Å². The first-order valence-electron chi connectivity index (χ1n) is 5.60. The summed E-state index contributed by atoms with van der Waals surface area (Å²) in [5.74, 6) is -0.271. The highest BCUT2D eigenvalue weighted by atomic mass is 79.9. The van der Waals surface area contributed by atoms with Gasteiger partial charge in [-0.2, -0.15) is 0 Å². The predicted molar refractivity (Wildman–Crippen MR) is 84.4 cm³/mol. The van der Waals surface area contributed by atoms with Crippen LogP contribution in [-0.2, 0) is 0 Å². The molecule has 0 aliphatic rings. The molecule has 0 unspecified atom stereocenters. The Labute approximate surface area is 124 Å². The second-order valence-electron chi connectivity index (χ2n) is 4.15. The largest absolute Gasteiger partial charge is 0.389 e. The molecule has 0 fully saturated rings. The van der Waals surface area contributed by atoms with E-state index in [4.69, 9.17) is 18.0 Å². The molecule has 0 aromatic heterocycles. The van der Waals surface area contributed by atoms with Crippen LogP contribution >= 0.6 is 28.1 Å². The lowest BCUT2D eigenvalue weighted by molar-refractivity contribution is 0.620. The zero-order valence-corrected chi connectivity index (χ0v) is 12.6. The molecule has 0 radical (unpaired) electrons. The third-order valence-corrected chi connectivity index (χ3v) is 3.56. The lowest BCUT2D eigenvalue weighted by atomic mass is 10.1. The van der Waals surface area contributed by atoms with Gasteiger partial charge in [0.2, 0.25) is 0 Å². The van der Waals surface area contributed by atoms with Crippen LogP contribution in [0.1, 0.15) is 11.1 Å². The maximum Gasteiger partial charge on any atom is 0.137 e. The molecule has 2 aromatic rings. The second kappa shape index (κ2) is 5.67. The molecule has 0 saturated carbocycles. The van der Waals surface area contributed by atoms with Gasteiger partial charge in [0.05, 0.1) is 4.47 Å². The Morgan fingerprint density at radius 2 is 1.89 bits per heavy atom. The van der Waals surface area contributed by atoms with E-state index in [2.05, 4.69) is 21.2 Å². The SMILES string of the molecule is Cc1cc(F)c(Br)cc1Nc1ccc(C(N)=S)cc1. The van der Waals surface area contributed by atoms with E-state index in [-0.39, 0.29) is 5.82 Å². The molecule has 0 atom stereocenters. The van der Waals surface area contributed by atoms with Crippen LogP contribution in [0.2, 0.25) is 0 Å². The normalized spacial score (nSPS) is 10.3. The Morgan fingerprint density at radius 1 is 1.26 bits per heavy atom. The molecule has 2 nitrogen and oxygen atoms in total. The molecule has 0 spiro atoms. The van der Waals surface area contributed by atoms with Gasteiger partial charge in [-0.25, -0.2) is 4.39 Å². The fraction of sp³-hybridized carbons (Fsp3) is 0.0714. The first kappa shape index (κ1) is 14.0. The van der Waals surface area contributed by atoms with E-state index in [0.29, 0.717) is 9.46 Å². The fourth-order valence-corrected chi connectivity index (χ4v) is 2.13. The zero-order chi connectivity index (χ0) is 14.0. The molecule has 0 heterocycles. The maximum absolute atomic E-state index is 13.3. The summed E-state index contributed by atoms with van der Waals surface area (Å²) < 4.78 is 13.8. The number of halogens is 2. The number of nitrogens with two attached hydrogens (primary N) is 1. The van der Waals surface area contributed by atoms with Gasteiger partial charge in [0.25, 0.3) is 0 Å². The van der Waals surface area contributed by atoms with Gasteiger partial charge in [-0.05, 0) is 64.8 Å². The van der Waals surface area contributed by atoms with Crippen molar-refractivity contribution in [1.29, 1.82) is 0 Å². The van der Waals surface area contributed by atoms with Crippen LogP contribution in [0, 0.1) is 12.7 Å². The second-order valence-corrected chi connectivity index (χ2v) is 5.44. The quantitative estimate of drug-likeness (QED) is 0.820. The number of hydrogen-bond acceptors (Lipinski definition) is 2. The number of hydrogen-bond donors (Lipinski definition) is 2. The molecule has 2 rings (SSSR count). The Kier molecular flexibility index (Phi) is 4.17. The van der Waals surface area contributed by atoms with Crippen LogP contribution in [0.3, 0.4) is 0 Å². The van der Waals surface area contributed by atoms with E-state index in [0.717, 1.165) is 22.5 Å². The lowest BCUT2D eigenvalue weighted by Crippen LogP contribution is -2.08. The molecule has 3 N–H and O–H groups in total. The van der Waals surface area contributed by atoms with Crippen molar-refractivity contribution in [3.63, 3.8) is 0 Å². The summed E-state index contributed by atoms with van der Waals surface area (Å²) in [7, 11) is 0. The van der Waals surface area contributed by atoms with Crippen LogP contribution in [0.4, 0.5) is 15.8 Å². The van der Waals surface area contributed by atoms with Gasteiger partial charge in [-0.3, -0.25) is 0 Å². The number of aryl methyl sites for hydroxylation is 1. The highest BCUT2D eigenvalue weighted by Gasteiger charge is 2.05. The average Bonchev–Trinajstić information content (AvgIpc) is 2.36. The van der Waals surface area contributed by atoms with Gasteiger partial charge in [0, 0.05) is 16.9 Å². The highest BCUT2D eigenvalue weighted by molar-refractivity contribution is 9.10. The van der Waals surface area contributed by atoms with Crippen LogP contribution < -0.4 is 11.1 Å². The number of rotatable bonds is 3. The predicted octanol–water partition coefficient (Wildman–Crippen LogP) is 4.27. The Bertz CT molecular complexity index is 626. The van der Waals surface area contributed by atoms with E-state index in [1.807, 2.05) is 31.2 Å². The maximum atomic E-state index is 13.3. The summed E-state index contributed by atoms with van der Waals surface area (Å²) in [4.78, 5) is 0.368. The summed E-state index contributed by atoms with van der Waals surface area (Å²) in [5.41, 5.74) is 8.92. The molecule has 98 valence electrons. The Morgan fingerprint density at radius 3 is 2.47 bits per heavy atom. The third-order valence-electron chi connectivity index (χ3n) is 2.72. The minimum absolute atomic E-state index is 0.271. The monoisotopic (exact) mass is 338 g/mol.